The Kier molecular flexibility index (Phi) is 4.68. The van der Waals surface area contributed by atoms with Gasteiger partial charge in [0.15, 0.2) is 5.13 Å². The maximum atomic E-state index is 13.4. The van der Waals surface area contributed by atoms with Crippen LogP contribution in [-0.2, 0) is 11.3 Å². The van der Waals surface area contributed by atoms with Gasteiger partial charge in [-0.1, -0.05) is 30.3 Å². The molecule has 3 aromatic rings. The summed E-state index contributed by atoms with van der Waals surface area (Å²) in [7, 11) is 0. The molecule has 2 amide bonds. The number of thiazole rings is 1. The minimum Gasteiger partial charge on any atom is -0.327 e. The molecule has 0 radical (unpaired) electrons. The summed E-state index contributed by atoms with van der Waals surface area (Å²) in [5.74, 6) is -0.731. The molecule has 27 heavy (non-hydrogen) atoms. The Morgan fingerprint density at radius 3 is 2.70 bits per heavy atom. The van der Waals surface area contributed by atoms with Crippen LogP contribution in [0.5, 0.6) is 0 Å². The normalized spacial score (nSPS) is 14.1. The number of fused-ring (bicyclic) bond motifs is 1. The number of carbonyl (C=O) groups excluding carboxylic acids is 2. The number of benzene rings is 2. The second-order valence-electron chi connectivity index (χ2n) is 6.25. The summed E-state index contributed by atoms with van der Waals surface area (Å²) in [6.45, 7) is 0.418. The molecule has 136 valence electrons. The van der Waals surface area contributed by atoms with Crippen molar-refractivity contribution in [2.24, 2.45) is 0 Å². The predicted molar refractivity (Wildman–Crippen MR) is 101 cm³/mol. The lowest BCUT2D eigenvalue weighted by Crippen LogP contribution is -2.32. The standard InChI is InChI=1S/C20H16FN3O2S/c21-15-7-5-13(6-8-15)17(11-18(25)23-20-22-9-10-27-20)24-12-14-3-1-2-4-16(14)19(24)26/h1-10,17H,11-12H2,(H,22,23,25)/t17-/m0/s1. The van der Waals surface area contributed by atoms with Crippen molar-refractivity contribution in [1.82, 2.24) is 9.88 Å². The minimum atomic E-state index is -0.495. The summed E-state index contributed by atoms with van der Waals surface area (Å²) in [5, 5.41) is 5.03. The lowest BCUT2D eigenvalue weighted by Gasteiger charge is -2.28. The third-order valence-electron chi connectivity index (χ3n) is 4.54. The van der Waals surface area contributed by atoms with Crippen molar-refractivity contribution in [3.63, 3.8) is 0 Å². The first-order valence-electron chi connectivity index (χ1n) is 8.45. The highest BCUT2D eigenvalue weighted by molar-refractivity contribution is 7.13. The number of hydrogen-bond donors (Lipinski definition) is 1. The van der Waals surface area contributed by atoms with Crippen LogP contribution in [0.15, 0.2) is 60.1 Å². The first kappa shape index (κ1) is 17.4. The largest absolute Gasteiger partial charge is 0.327 e. The number of aromatic nitrogens is 1. The molecule has 2 heterocycles. The molecular formula is C20H16FN3O2S. The van der Waals surface area contributed by atoms with Crippen LogP contribution in [0.1, 0.15) is 33.9 Å². The van der Waals surface area contributed by atoms with Crippen LogP contribution in [0.25, 0.3) is 0 Å². The first-order chi connectivity index (χ1) is 13.1. The van der Waals surface area contributed by atoms with Gasteiger partial charge in [0.2, 0.25) is 5.91 Å². The maximum Gasteiger partial charge on any atom is 0.255 e. The van der Waals surface area contributed by atoms with E-state index in [1.165, 1.54) is 23.5 Å². The van der Waals surface area contributed by atoms with E-state index < -0.39 is 6.04 Å². The number of hydrogen-bond acceptors (Lipinski definition) is 4. The number of carbonyl (C=O) groups is 2. The number of nitrogens with one attached hydrogen (secondary N) is 1. The third kappa shape index (κ3) is 3.59. The van der Waals surface area contributed by atoms with E-state index in [2.05, 4.69) is 10.3 Å². The van der Waals surface area contributed by atoms with Crippen LogP contribution < -0.4 is 5.32 Å². The molecule has 0 fully saturated rings. The average molecular weight is 381 g/mol. The fourth-order valence-electron chi connectivity index (χ4n) is 3.25. The topological polar surface area (TPSA) is 62.3 Å². The second-order valence-corrected chi connectivity index (χ2v) is 7.14. The molecule has 4 rings (SSSR count). The Labute approximate surface area is 159 Å². The Bertz CT molecular complexity index is 973. The van der Waals surface area contributed by atoms with Gasteiger partial charge in [-0.3, -0.25) is 9.59 Å². The molecule has 7 heteroatoms. The molecule has 1 atom stereocenters. The fraction of sp³-hybridized carbons (Fsp3) is 0.150. The van der Waals surface area contributed by atoms with Gasteiger partial charge in [-0.25, -0.2) is 9.37 Å². The molecule has 0 aliphatic carbocycles. The summed E-state index contributed by atoms with van der Waals surface area (Å²) >= 11 is 1.33. The molecule has 1 aliphatic heterocycles. The van der Waals surface area contributed by atoms with Gasteiger partial charge < -0.3 is 10.2 Å². The minimum absolute atomic E-state index is 0.0605. The average Bonchev–Trinajstić information content (AvgIpc) is 3.29. The Morgan fingerprint density at radius 1 is 1.22 bits per heavy atom. The van der Waals surface area contributed by atoms with E-state index in [-0.39, 0.29) is 24.1 Å². The first-order valence-corrected chi connectivity index (χ1v) is 9.33. The number of anilines is 1. The Morgan fingerprint density at radius 2 is 2.00 bits per heavy atom. The SMILES string of the molecule is O=C(C[C@@H](c1ccc(F)cc1)N1Cc2ccccc2C1=O)Nc1nccs1. The maximum absolute atomic E-state index is 13.4. The van der Waals surface area contributed by atoms with Crippen LogP contribution in [0.4, 0.5) is 9.52 Å². The summed E-state index contributed by atoms with van der Waals surface area (Å²) in [6, 6.07) is 12.8. The van der Waals surface area contributed by atoms with Crippen LogP contribution in [0.3, 0.4) is 0 Å². The van der Waals surface area contributed by atoms with Crippen molar-refractivity contribution in [2.75, 3.05) is 5.32 Å². The molecular weight excluding hydrogens is 365 g/mol. The van der Waals surface area contributed by atoms with Gasteiger partial charge >= 0.3 is 0 Å². The second kappa shape index (κ2) is 7.28. The van der Waals surface area contributed by atoms with Crippen molar-refractivity contribution < 1.29 is 14.0 Å². The molecule has 1 aromatic heterocycles. The van der Waals surface area contributed by atoms with E-state index in [0.717, 1.165) is 5.56 Å². The molecule has 2 aromatic carbocycles. The van der Waals surface area contributed by atoms with E-state index in [1.54, 1.807) is 34.7 Å². The number of nitrogens with zero attached hydrogens (tertiary/aromatic N) is 2. The quantitative estimate of drug-likeness (QED) is 0.726. The van der Waals surface area contributed by atoms with Crippen LogP contribution >= 0.6 is 11.3 Å². The molecule has 0 saturated heterocycles. The zero-order valence-electron chi connectivity index (χ0n) is 14.3. The van der Waals surface area contributed by atoms with Crippen molar-refractivity contribution in [2.45, 2.75) is 19.0 Å². The summed E-state index contributed by atoms with van der Waals surface area (Å²) < 4.78 is 13.4. The smallest absolute Gasteiger partial charge is 0.255 e. The Hall–Kier alpha value is -3.06. The molecule has 0 bridgehead atoms. The molecule has 1 N–H and O–H groups in total. The summed E-state index contributed by atoms with van der Waals surface area (Å²) in [4.78, 5) is 31.1. The van der Waals surface area contributed by atoms with Crippen LogP contribution in [0.2, 0.25) is 0 Å². The predicted octanol–water partition coefficient (Wildman–Crippen LogP) is 4.01. The van der Waals surface area contributed by atoms with Gasteiger partial charge in [0.05, 0.1) is 12.5 Å². The fourth-order valence-corrected chi connectivity index (χ4v) is 3.80. The lowest BCUT2D eigenvalue weighted by molar-refractivity contribution is -0.117. The van der Waals surface area contributed by atoms with E-state index in [4.69, 9.17) is 0 Å². The van der Waals surface area contributed by atoms with Gasteiger partial charge in [-0.05, 0) is 29.3 Å². The zero-order chi connectivity index (χ0) is 18.8. The monoisotopic (exact) mass is 381 g/mol. The van der Waals surface area contributed by atoms with Crippen molar-refractivity contribution in [3.8, 4) is 0 Å². The van der Waals surface area contributed by atoms with Crippen molar-refractivity contribution >= 4 is 28.3 Å². The summed E-state index contributed by atoms with van der Waals surface area (Å²) in [6.07, 6.45) is 1.67. The third-order valence-corrected chi connectivity index (χ3v) is 5.23. The molecule has 1 aliphatic rings. The van der Waals surface area contributed by atoms with Crippen LogP contribution in [0, 0.1) is 5.82 Å². The molecule has 5 nitrogen and oxygen atoms in total. The highest BCUT2D eigenvalue weighted by Gasteiger charge is 2.34. The highest BCUT2D eigenvalue weighted by atomic mass is 32.1. The van der Waals surface area contributed by atoms with E-state index >= 15 is 0 Å². The van der Waals surface area contributed by atoms with Crippen molar-refractivity contribution in [3.05, 3.63) is 82.6 Å². The zero-order valence-corrected chi connectivity index (χ0v) is 15.1. The van der Waals surface area contributed by atoms with Gasteiger partial charge in [0.25, 0.3) is 5.91 Å². The van der Waals surface area contributed by atoms with E-state index in [0.29, 0.717) is 22.8 Å². The number of amides is 2. The molecule has 0 unspecified atom stereocenters. The van der Waals surface area contributed by atoms with E-state index in [9.17, 15) is 14.0 Å². The Balaban J connectivity index is 1.61. The summed E-state index contributed by atoms with van der Waals surface area (Å²) in [5.41, 5.74) is 2.28. The number of halogens is 1. The van der Waals surface area contributed by atoms with Gasteiger partial charge in [-0.2, -0.15) is 0 Å². The number of rotatable bonds is 5. The van der Waals surface area contributed by atoms with Crippen molar-refractivity contribution in [1.29, 1.82) is 0 Å². The highest BCUT2D eigenvalue weighted by Crippen LogP contribution is 2.33. The van der Waals surface area contributed by atoms with Gasteiger partial charge in [-0.15, -0.1) is 11.3 Å². The van der Waals surface area contributed by atoms with E-state index in [1.807, 2.05) is 18.2 Å². The van der Waals surface area contributed by atoms with Gasteiger partial charge in [0.1, 0.15) is 5.82 Å². The molecule has 0 spiro atoms. The van der Waals surface area contributed by atoms with Gasteiger partial charge in [0, 0.05) is 23.7 Å². The lowest BCUT2D eigenvalue weighted by atomic mass is 10.0. The molecule has 0 saturated carbocycles. The van der Waals surface area contributed by atoms with Crippen LogP contribution in [-0.4, -0.2) is 21.7 Å².